The molecule has 94 valence electrons. The van der Waals surface area contributed by atoms with Crippen LogP contribution in [0.5, 0.6) is 0 Å². The maximum Gasteiger partial charge on any atom is 0.271 e. The Hall–Kier alpha value is -1.39. The van der Waals surface area contributed by atoms with Gasteiger partial charge in [-0.1, -0.05) is 37.3 Å². The SMILES string of the molecule is CCC(OCC(=O)N(C)OC)c1ccccc1. The molecule has 0 aliphatic rings. The Morgan fingerprint density at radius 3 is 2.53 bits per heavy atom. The molecule has 0 fully saturated rings. The lowest BCUT2D eigenvalue weighted by Crippen LogP contribution is -2.29. The third kappa shape index (κ3) is 4.17. The monoisotopic (exact) mass is 237 g/mol. The molecule has 0 saturated heterocycles. The molecule has 1 aromatic carbocycles. The topological polar surface area (TPSA) is 38.8 Å². The van der Waals surface area contributed by atoms with Gasteiger partial charge >= 0.3 is 0 Å². The third-order valence-corrected chi connectivity index (χ3v) is 2.58. The summed E-state index contributed by atoms with van der Waals surface area (Å²) in [6.45, 7) is 2.06. The van der Waals surface area contributed by atoms with Crippen LogP contribution >= 0.6 is 0 Å². The number of carbonyl (C=O) groups is 1. The minimum absolute atomic E-state index is 0.0255. The molecule has 0 N–H and O–H groups in total. The number of hydrogen-bond donors (Lipinski definition) is 0. The van der Waals surface area contributed by atoms with E-state index in [0.717, 1.165) is 17.0 Å². The zero-order valence-electron chi connectivity index (χ0n) is 10.6. The quantitative estimate of drug-likeness (QED) is 0.712. The Balaban J connectivity index is 2.51. The summed E-state index contributed by atoms with van der Waals surface area (Å²) in [5.74, 6) is -0.193. The van der Waals surface area contributed by atoms with Crippen molar-refractivity contribution in [3.63, 3.8) is 0 Å². The molecule has 1 rings (SSSR count). The van der Waals surface area contributed by atoms with Gasteiger partial charge < -0.3 is 4.74 Å². The van der Waals surface area contributed by atoms with Gasteiger partial charge in [0.05, 0.1) is 13.2 Å². The number of carbonyl (C=O) groups excluding carboxylic acids is 1. The molecule has 0 heterocycles. The average molecular weight is 237 g/mol. The highest BCUT2D eigenvalue weighted by Gasteiger charge is 2.14. The molecule has 4 nitrogen and oxygen atoms in total. The molecular weight excluding hydrogens is 218 g/mol. The van der Waals surface area contributed by atoms with E-state index in [-0.39, 0.29) is 18.6 Å². The van der Waals surface area contributed by atoms with Gasteiger partial charge in [0.25, 0.3) is 5.91 Å². The molecule has 4 heteroatoms. The fourth-order valence-electron chi connectivity index (χ4n) is 1.48. The second kappa shape index (κ2) is 7.04. The number of benzene rings is 1. The minimum atomic E-state index is -0.193. The predicted molar refractivity (Wildman–Crippen MR) is 65.2 cm³/mol. The van der Waals surface area contributed by atoms with Crippen LogP contribution in [-0.4, -0.2) is 31.7 Å². The van der Waals surface area contributed by atoms with Crippen LogP contribution in [0.15, 0.2) is 30.3 Å². The van der Waals surface area contributed by atoms with Gasteiger partial charge in [-0.15, -0.1) is 0 Å². The maximum absolute atomic E-state index is 11.5. The highest BCUT2D eigenvalue weighted by Crippen LogP contribution is 2.20. The molecule has 0 radical (unpaired) electrons. The van der Waals surface area contributed by atoms with Gasteiger partial charge in [0, 0.05) is 7.05 Å². The first-order valence-electron chi connectivity index (χ1n) is 5.66. The Labute approximate surface area is 102 Å². The van der Waals surface area contributed by atoms with Crippen LogP contribution in [0.25, 0.3) is 0 Å². The second-order valence-electron chi connectivity index (χ2n) is 3.69. The van der Waals surface area contributed by atoms with Gasteiger partial charge in [0.1, 0.15) is 6.61 Å². The summed E-state index contributed by atoms with van der Waals surface area (Å²) in [5, 5.41) is 1.16. The average Bonchev–Trinajstić information content (AvgIpc) is 2.39. The van der Waals surface area contributed by atoms with Gasteiger partial charge in [-0.3, -0.25) is 9.63 Å². The van der Waals surface area contributed by atoms with Crippen molar-refractivity contribution in [2.75, 3.05) is 20.8 Å². The summed E-state index contributed by atoms with van der Waals surface area (Å²) >= 11 is 0. The van der Waals surface area contributed by atoms with Crippen molar-refractivity contribution in [2.24, 2.45) is 0 Å². The molecule has 1 aromatic rings. The number of amides is 1. The third-order valence-electron chi connectivity index (χ3n) is 2.58. The van der Waals surface area contributed by atoms with E-state index >= 15 is 0 Å². The van der Waals surface area contributed by atoms with Gasteiger partial charge in [-0.25, -0.2) is 5.06 Å². The number of likely N-dealkylation sites (N-methyl/N-ethyl adjacent to an activating group) is 1. The number of hydrogen-bond acceptors (Lipinski definition) is 3. The highest BCUT2D eigenvalue weighted by molar-refractivity contribution is 5.76. The molecule has 0 spiro atoms. The van der Waals surface area contributed by atoms with Crippen LogP contribution in [0.1, 0.15) is 25.0 Å². The van der Waals surface area contributed by atoms with Crippen LogP contribution in [-0.2, 0) is 14.4 Å². The normalized spacial score (nSPS) is 12.2. The van der Waals surface area contributed by atoms with E-state index in [1.807, 2.05) is 37.3 Å². The zero-order chi connectivity index (χ0) is 12.7. The van der Waals surface area contributed by atoms with Crippen molar-refractivity contribution < 1.29 is 14.4 Å². The second-order valence-corrected chi connectivity index (χ2v) is 3.69. The van der Waals surface area contributed by atoms with Crippen molar-refractivity contribution in [1.82, 2.24) is 5.06 Å². The van der Waals surface area contributed by atoms with Crippen LogP contribution in [0.2, 0.25) is 0 Å². The van der Waals surface area contributed by atoms with Crippen molar-refractivity contribution in [2.45, 2.75) is 19.4 Å². The van der Waals surface area contributed by atoms with Crippen LogP contribution in [0.4, 0.5) is 0 Å². The van der Waals surface area contributed by atoms with E-state index in [1.54, 1.807) is 7.05 Å². The van der Waals surface area contributed by atoms with Gasteiger partial charge in [0.15, 0.2) is 0 Å². The van der Waals surface area contributed by atoms with Crippen molar-refractivity contribution >= 4 is 5.91 Å². The van der Waals surface area contributed by atoms with Crippen LogP contribution in [0, 0.1) is 0 Å². The lowest BCUT2D eigenvalue weighted by molar-refractivity contribution is -0.175. The summed E-state index contributed by atoms with van der Waals surface area (Å²) in [4.78, 5) is 16.3. The predicted octanol–water partition coefficient (Wildman–Crippen LogP) is 2.17. The first kappa shape index (κ1) is 13.7. The van der Waals surface area contributed by atoms with E-state index in [4.69, 9.17) is 9.57 Å². The Morgan fingerprint density at radius 1 is 1.35 bits per heavy atom. The standard InChI is InChI=1S/C13H19NO3/c1-4-12(11-8-6-5-7-9-11)17-10-13(15)14(2)16-3/h5-9,12H,4,10H2,1-3H3. The Morgan fingerprint density at radius 2 is 2.00 bits per heavy atom. The largest absolute Gasteiger partial charge is 0.364 e. The molecule has 0 bridgehead atoms. The molecule has 0 saturated carbocycles. The summed E-state index contributed by atoms with van der Waals surface area (Å²) in [5.41, 5.74) is 1.09. The number of nitrogens with zero attached hydrogens (tertiary/aromatic N) is 1. The molecule has 0 aliphatic heterocycles. The minimum Gasteiger partial charge on any atom is -0.364 e. The van der Waals surface area contributed by atoms with E-state index in [1.165, 1.54) is 7.11 Å². The van der Waals surface area contributed by atoms with Crippen LogP contribution in [0.3, 0.4) is 0 Å². The molecular formula is C13H19NO3. The molecule has 1 unspecified atom stereocenters. The summed E-state index contributed by atoms with van der Waals surface area (Å²) < 4.78 is 5.59. The molecule has 17 heavy (non-hydrogen) atoms. The summed E-state index contributed by atoms with van der Waals surface area (Å²) in [6, 6.07) is 9.88. The summed E-state index contributed by atoms with van der Waals surface area (Å²) in [6.07, 6.45) is 0.777. The van der Waals surface area contributed by atoms with E-state index in [0.29, 0.717) is 0 Å². The number of rotatable bonds is 6. The van der Waals surface area contributed by atoms with Crippen molar-refractivity contribution in [3.8, 4) is 0 Å². The molecule has 0 aromatic heterocycles. The smallest absolute Gasteiger partial charge is 0.271 e. The Bertz CT molecular complexity index is 340. The first-order valence-corrected chi connectivity index (χ1v) is 5.66. The fourth-order valence-corrected chi connectivity index (χ4v) is 1.48. The van der Waals surface area contributed by atoms with Crippen LogP contribution < -0.4 is 0 Å². The lowest BCUT2D eigenvalue weighted by atomic mass is 10.1. The number of ether oxygens (including phenoxy) is 1. The zero-order valence-corrected chi connectivity index (χ0v) is 10.6. The number of hydroxylamine groups is 2. The molecule has 1 atom stereocenters. The maximum atomic E-state index is 11.5. The van der Waals surface area contributed by atoms with Gasteiger partial charge in [-0.2, -0.15) is 0 Å². The van der Waals surface area contributed by atoms with Crippen molar-refractivity contribution in [1.29, 1.82) is 0 Å². The summed E-state index contributed by atoms with van der Waals surface area (Å²) in [7, 11) is 3.02. The Kier molecular flexibility index (Phi) is 5.66. The van der Waals surface area contributed by atoms with E-state index in [9.17, 15) is 4.79 Å². The molecule has 1 amide bonds. The van der Waals surface area contributed by atoms with Gasteiger partial charge in [-0.05, 0) is 12.0 Å². The van der Waals surface area contributed by atoms with E-state index < -0.39 is 0 Å². The lowest BCUT2D eigenvalue weighted by Gasteiger charge is -2.18. The fraction of sp³-hybridized carbons (Fsp3) is 0.462. The first-order chi connectivity index (χ1) is 8.19. The highest BCUT2D eigenvalue weighted by atomic mass is 16.7. The van der Waals surface area contributed by atoms with Crippen molar-refractivity contribution in [3.05, 3.63) is 35.9 Å². The van der Waals surface area contributed by atoms with E-state index in [2.05, 4.69) is 0 Å². The van der Waals surface area contributed by atoms with Gasteiger partial charge in [0.2, 0.25) is 0 Å². The molecule has 0 aliphatic carbocycles.